The van der Waals surface area contributed by atoms with Crippen molar-refractivity contribution in [3.63, 3.8) is 0 Å². The number of halogens is 3. The molecule has 8 nitrogen and oxygen atoms in total. The first kappa shape index (κ1) is 42.4. The zero-order valence-corrected chi connectivity index (χ0v) is 33.1. The summed E-state index contributed by atoms with van der Waals surface area (Å²) in [7, 11) is 4.67. The molecule has 286 valence electrons. The summed E-state index contributed by atoms with van der Waals surface area (Å²) < 4.78 is 44.7. The summed E-state index contributed by atoms with van der Waals surface area (Å²) in [6.07, 6.45) is -4.93. The third-order valence-electron chi connectivity index (χ3n) is 9.18. The van der Waals surface area contributed by atoms with Gasteiger partial charge in [0.1, 0.15) is 16.9 Å². The minimum atomic E-state index is -4.93. The van der Waals surface area contributed by atoms with Gasteiger partial charge in [-0.1, -0.05) is 70.2 Å². The number of alkyl halides is 3. The molecule has 0 spiro atoms. The van der Waals surface area contributed by atoms with Crippen LogP contribution in [-0.2, 0) is 5.41 Å². The molecule has 13 heteroatoms. The minimum Gasteiger partial charge on any atom is -0.508 e. The number of anilines is 2. The number of fused-ring (bicyclic) bond motifs is 2. The molecule has 4 amide bonds. The average molecular weight is 789 g/mol. The van der Waals surface area contributed by atoms with Gasteiger partial charge in [-0.2, -0.15) is 13.2 Å². The number of phenols is 2. The van der Waals surface area contributed by atoms with Crippen molar-refractivity contribution in [1.29, 1.82) is 0 Å². The zero-order valence-electron chi connectivity index (χ0n) is 30.8. The van der Waals surface area contributed by atoms with E-state index in [0.29, 0.717) is 5.92 Å². The summed E-state index contributed by atoms with van der Waals surface area (Å²) in [6.45, 7) is 9.30. The normalized spacial score (nSPS) is 13.3. The summed E-state index contributed by atoms with van der Waals surface area (Å²) in [5.74, 6) is -2.64. The van der Waals surface area contributed by atoms with Gasteiger partial charge in [-0.05, 0) is 102 Å². The predicted molar refractivity (Wildman–Crippen MR) is 215 cm³/mol. The molecule has 2 aliphatic heterocycles. The molecular formula is C42H41F3N2O6P2. The van der Waals surface area contributed by atoms with Gasteiger partial charge >= 0.3 is 6.18 Å². The smallest absolute Gasteiger partial charge is 0.402 e. The van der Waals surface area contributed by atoms with Crippen molar-refractivity contribution >= 4 is 52.9 Å². The van der Waals surface area contributed by atoms with Gasteiger partial charge in [0.15, 0.2) is 0 Å². The molecule has 0 aliphatic carbocycles. The molecule has 55 heavy (non-hydrogen) atoms. The molecule has 2 atom stereocenters. The van der Waals surface area contributed by atoms with E-state index < -0.39 is 35.2 Å². The van der Waals surface area contributed by atoms with Gasteiger partial charge < -0.3 is 10.2 Å². The van der Waals surface area contributed by atoms with Crippen LogP contribution < -0.4 is 9.80 Å². The fraction of sp³-hybridized carbons (Fsp3) is 0.190. The number of benzene rings is 5. The van der Waals surface area contributed by atoms with Crippen molar-refractivity contribution in [2.75, 3.05) is 9.80 Å². The summed E-state index contributed by atoms with van der Waals surface area (Å²) in [4.78, 5) is 54.1. The fourth-order valence-corrected chi connectivity index (χ4v) is 6.11. The third kappa shape index (κ3) is 8.19. The second-order valence-corrected chi connectivity index (χ2v) is 12.6. The van der Waals surface area contributed by atoms with Gasteiger partial charge in [0.2, 0.25) is 0 Å². The van der Waals surface area contributed by atoms with E-state index in [4.69, 9.17) is 0 Å². The van der Waals surface area contributed by atoms with Crippen LogP contribution in [0.15, 0.2) is 115 Å². The van der Waals surface area contributed by atoms with Crippen LogP contribution in [0.2, 0.25) is 0 Å². The third-order valence-corrected chi connectivity index (χ3v) is 9.18. The van der Waals surface area contributed by atoms with Crippen LogP contribution in [0.4, 0.5) is 24.5 Å². The van der Waals surface area contributed by atoms with E-state index in [1.54, 1.807) is 0 Å². The molecule has 2 heterocycles. The number of hydrogen-bond donors (Lipinski definition) is 2. The molecule has 2 aliphatic rings. The fourth-order valence-electron chi connectivity index (χ4n) is 6.11. The second kappa shape index (κ2) is 17.4. The molecule has 0 bridgehead atoms. The van der Waals surface area contributed by atoms with Gasteiger partial charge in [-0.25, -0.2) is 9.80 Å². The maximum atomic E-state index is 14.9. The highest BCUT2D eigenvalue weighted by Gasteiger charge is 2.55. The van der Waals surface area contributed by atoms with E-state index in [-0.39, 0.29) is 56.3 Å². The monoisotopic (exact) mass is 788 g/mol. The number of amides is 4. The van der Waals surface area contributed by atoms with Gasteiger partial charge in [0, 0.05) is 0 Å². The Morgan fingerprint density at radius 1 is 0.545 bits per heavy atom. The highest BCUT2D eigenvalue weighted by molar-refractivity contribution is 7.92. The summed E-state index contributed by atoms with van der Waals surface area (Å²) in [5.41, 5.74) is -2.39. The van der Waals surface area contributed by atoms with Crippen LogP contribution in [0, 0.1) is 0 Å². The van der Waals surface area contributed by atoms with Crippen molar-refractivity contribution in [3.8, 4) is 11.5 Å². The standard InChI is InChI=1S/C31H19F3N2O6.C9H12.C2H6.H4P2/c1-30(31(32,33)34,16-2-12-22-24(14-16)28(41)35(26(22)39)18-4-8-20(37)9-5-18)17-3-13-23-25(15-17)29(42)36(27(23)40)19-6-10-21(38)11-7-19;1-8(2)9-6-4-3-5-7-9;2*1-2/h2-15,37-38H,1H3;3-8H,1-2H3;1-2H3;1-2H2. The van der Waals surface area contributed by atoms with Gasteiger partial charge in [-0.15, -0.1) is 17.9 Å². The molecule has 5 aromatic carbocycles. The molecule has 0 aromatic heterocycles. The minimum absolute atomic E-state index is 0.0828. The van der Waals surface area contributed by atoms with Gasteiger partial charge in [-0.3, -0.25) is 19.2 Å². The Balaban J connectivity index is 0.000000446. The van der Waals surface area contributed by atoms with Crippen LogP contribution in [0.3, 0.4) is 0 Å². The number of carbonyl (C=O) groups is 4. The number of imide groups is 2. The van der Waals surface area contributed by atoms with Crippen molar-refractivity contribution in [2.45, 2.75) is 52.1 Å². The molecule has 0 saturated carbocycles. The first-order valence-corrected chi connectivity index (χ1v) is 19.9. The number of carbonyl (C=O) groups excluding carboxylic acids is 4. The maximum absolute atomic E-state index is 14.9. The van der Waals surface area contributed by atoms with E-state index in [0.717, 1.165) is 53.1 Å². The van der Waals surface area contributed by atoms with Crippen molar-refractivity contribution in [3.05, 3.63) is 154 Å². The van der Waals surface area contributed by atoms with Crippen LogP contribution in [0.1, 0.15) is 98.7 Å². The lowest BCUT2D eigenvalue weighted by Crippen LogP contribution is -2.41. The van der Waals surface area contributed by atoms with Crippen LogP contribution >= 0.6 is 17.9 Å². The second-order valence-electron chi connectivity index (χ2n) is 12.6. The first-order valence-electron chi connectivity index (χ1n) is 17.2. The number of nitrogens with zero attached hydrogens (tertiary/aromatic N) is 2. The molecule has 0 radical (unpaired) electrons. The average Bonchev–Trinajstić information content (AvgIpc) is 3.59. The van der Waals surface area contributed by atoms with E-state index in [1.807, 2.05) is 19.9 Å². The highest BCUT2D eigenvalue weighted by Crippen LogP contribution is 2.48. The Hall–Kier alpha value is -5.37. The quantitative estimate of drug-likeness (QED) is 0.135. The van der Waals surface area contributed by atoms with Crippen LogP contribution in [-0.4, -0.2) is 40.0 Å². The highest BCUT2D eigenvalue weighted by atomic mass is 32.0. The molecule has 7 rings (SSSR count). The number of hydrogen-bond acceptors (Lipinski definition) is 6. The molecule has 0 fully saturated rings. The summed E-state index contributed by atoms with van der Waals surface area (Å²) in [5, 5.41) is 19.1. The van der Waals surface area contributed by atoms with Gasteiger partial charge in [0.25, 0.3) is 23.6 Å². The maximum Gasteiger partial charge on any atom is 0.402 e. The summed E-state index contributed by atoms with van der Waals surface area (Å²) >= 11 is 0. The van der Waals surface area contributed by atoms with Crippen molar-refractivity contribution < 1.29 is 42.6 Å². The van der Waals surface area contributed by atoms with E-state index in [9.17, 15) is 42.6 Å². The van der Waals surface area contributed by atoms with E-state index >= 15 is 0 Å². The topological polar surface area (TPSA) is 115 Å². The predicted octanol–water partition coefficient (Wildman–Crippen LogP) is 10.1. The Kier molecular flexibility index (Phi) is 13.4. The Labute approximate surface area is 322 Å². The number of phenolic OH excluding ortho intramolecular Hbond substituents is 2. The lowest BCUT2D eigenvalue weighted by Gasteiger charge is -2.33. The molecule has 5 aromatic rings. The molecule has 2 unspecified atom stereocenters. The molecule has 2 N–H and O–H groups in total. The Bertz CT molecular complexity index is 2070. The van der Waals surface area contributed by atoms with Gasteiger partial charge in [0.05, 0.1) is 33.6 Å². The zero-order chi connectivity index (χ0) is 40.8. The Morgan fingerprint density at radius 3 is 1.20 bits per heavy atom. The summed E-state index contributed by atoms with van der Waals surface area (Å²) in [6, 6.07) is 27.5. The van der Waals surface area contributed by atoms with Crippen LogP contribution in [0.25, 0.3) is 0 Å². The number of aromatic hydroxyl groups is 2. The molecular weight excluding hydrogens is 747 g/mol. The van der Waals surface area contributed by atoms with Crippen LogP contribution in [0.5, 0.6) is 11.5 Å². The van der Waals surface area contributed by atoms with Crippen molar-refractivity contribution in [2.24, 2.45) is 0 Å². The van der Waals surface area contributed by atoms with Crippen molar-refractivity contribution in [1.82, 2.24) is 0 Å². The number of rotatable bonds is 5. The van der Waals surface area contributed by atoms with E-state index in [1.165, 1.54) is 54.1 Å². The first-order chi connectivity index (χ1) is 26.1. The largest absolute Gasteiger partial charge is 0.508 e. The lowest BCUT2D eigenvalue weighted by atomic mass is 9.74. The molecule has 0 saturated heterocycles. The SMILES string of the molecule is CC.CC(C)c1ccccc1.CC(c1ccc2c(c1)C(=O)N(c1ccc(O)cc1)C2=O)(c1ccc2c(c1)C(=O)N(c1ccc(O)cc1)C2=O)C(F)(F)F.PP. The Morgan fingerprint density at radius 2 is 0.891 bits per heavy atom. The lowest BCUT2D eigenvalue weighted by molar-refractivity contribution is -0.173. The van der Waals surface area contributed by atoms with E-state index in [2.05, 4.69) is 56.0 Å².